The Bertz CT molecular complexity index is 1250. The van der Waals surface area contributed by atoms with Crippen LogP contribution in [0.3, 0.4) is 0 Å². The molecule has 1 unspecified atom stereocenters. The standard InChI is InChI=1S/C25H24N4O3/c1-17-15-22(32-27-17)25(31)29-13-11-28(12-14-29)23(18-7-3-2-4-8-18)24(30)20-16-26-21-10-6-5-9-19(20)21/h2-10,15-16,23,26H,11-14H2,1H3. The molecule has 4 aromatic rings. The molecule has 7 nitrogen and oxygen atoms in total. The van der Waals surface area contributed by atoms with E-state index in [0.29, 0.717) is 37.4 Å². The van der Waals surface area contributed by atoms with Crippen LogP contribution in [-0.4, -0.2) is 57.8 Å². The summed E-state index contributed by atoms with van der Waals surface area (Å²) in [5.74, 6) is 0.147. The SMILES string of the molecule is Cc1cc(C(=O)N2CCN(C(C(=O)c3c[nH]c4ccccc34)c3ccccc3)CC2)on1. The van der Waals surface area contributed by atoms with E-state index in [2.05, 4.69) is 15.0 Å². The number of aromatic nitrogens is 2. The largest absolute Gasteiger partial charge is 0.360 e. The number of rotatable bonds is 5. The van der Waals surface area contributed by atoms with E-state index < -0.39 is 6.04 Å². The Labute approximate surface area is 185 Å². The molecule has 0 spiro atoms. The van der Waals surface area contributed by atoms with Crippen molar-refractivity contribution in [1.29, 1.82) is 0 Å². The minimum Gasteiger partial charge on any atom is -0.360 e. The Morgan fingerprint density at radius 1 is 1.00 bits per heavy atom. The van der Waals surface area contributed by atoms with E-state index in [0.717, 1.165) is 16.5 Å². The summed E-state index contributed by atoms with van der Waals surface area (Å²) in [6.07, 6.45) is 1.80. The van der Waals surface area contributed by atoms with E-state index in [1.807, 2.05) is 54.6 Å². The van der Waals surface area contributed by atoms with Crippen LogP contribution in [0.4, 0.5) is 0 Å². The highest BCUT2D eigenvalue weighted by atomic mass is 16.5. The fourth-order valence-corrected chi connectivity index (χ4v) is 4.39. The number of para-hydroxylation sites is 1. The summed E-state index contributed by atoms with van der Waals surface area (Å²) in [4.78, 5) is 33.7. The van der Waals surface area contributed by atoms with Crippen LogP contribution in [0, 0.1) is 6.92 Å². The van der Waals surface area contributed by atoms with Crippen molar-refractivity contribution >= 4 is 22.6 Å². The first kappa shape index (κ1) is 20.2. The zero-order valence-electron chi connectivity index (χ0n) is 17.8. The number of hydrogen-bond donors (Lipinski definition) is 1. The van der Waals surface area contributed by atoms with Gasteiger partial charge in [0.15, 0.2) is 5.78 Å². The molecule has 32 heavy (non-hydrogen) atoms. The number of aryl methyl sites for hydroxylation is 1. The van der Waals surface area contributed by atoms with Gasteiger partial charge in [-0.05, 0) is 18.6 Å². The molecule has 7 heteroatoms. The van der Waals surface area contributed by atoms with Crippen LogP contribution in [-0.2, 0) is 0 Å². The topological polar surface area (TPSA) is 82.4 Å². The fraction of sp³-hybridized carbons (Fsp3) is 0.240. The highest BCUT2D eigenvalue weighted by Gasteiger charge is 2.33. The van der Waals surface area contributed by atoms with Gasteiger partial charge in [-0.2, -0.15) is 0 Å². The Kier molecular flexibility index (Phi) is 5.33. The smallest absolute Gasteiger partial charge is 0.292 e. The van der Waals surface area contributed by atoms with Gasteiger partial charge in [-0.15, -0.1) is 0 Å². The number of carbonyl (C=O) groups excluding carboxylic acids is 2. The number of aromatic amines is 1. The van der Waals surface area contributed by atoms with Gasteiger partial charge in [0.05, 0.1) is 11.7 Å². The first-order valence-corrected chi connectivity index (χ1v) is 10.7. The molecule has 0 bridgehead atoms. The lowest BCUT2D eigenvalue weighted by molar-refractivity contribution is 0.0504. The second-order valence-electron chi connectivity index (χ2n) is 8.09. The molecule has 1 aliphatic rings. The van der Waals surface area contributed by atoms with Gasteiger partial charge >= 0.3 is 0 Å². The molecule has 0 saturated carbocycles. The van der Waals surface area contributed by atoms with Gasteiger partial charge in [0.25, 0.3) is 5.91 Å². The zero-order valence-corrected chi connectivity index (χ0v) is 17.8. The van der Waals surface area contributed by atoms with E-state index in [4.69, 9.17) is 4.52 Å². The molecule has 3 heterocycles. The van der Waals surface area contributed by atoms with Crippen LogP contribution in [0.25, 0.3) is 10.9 Å². The normalized spacial score (nSPS) is 15.7. The first-order valence-electron chi connectivity index (χ1n) is 10.7. The van der Waals surface area contributed by atoms with Crippen LogP contribution >= 0.6 is 0 Å². The summed E-state index contributed by atoms with van der Waals surface area (Å²) in [6, 6.07) is 18.9. The van der Waals surface area contributed by atoms with Crippen LogP contribution < -0.4 is 0 Å². The van der Waals surface area contributed by atoms with Gasteiger partial charge in [0.1, 0.15) is 0 Å². The highest BCUT2D eigenvalue weighted by molar-refractivity contribution is 6.10. The number of ketones is 1. The molecule has 5 rings (SSSR count). The van der Waals surface area contributed by atoms with Gasteiger partial charge in [0, 0.05) is 54.9 Å². The number of amides is 1. The third-order valence-electron chi connectivity index (χ3n) is 6.02. The van der Waals surface area contributed by atoms with Crippen molar-refractivity contribution in [2.45, 2.75) is 13.0 Å². The van der Waals surface area contributed by atoms with Crippen molar-refractivity contribution in [2.75, 3.05) is 26.2 Å². The predicted molar refractivity (Wildman–Crippen MR) is 121 cm³/mol. The molecule has 1 N–H and O–H groups in total. The summed E-state index contributed by atoms with van der Waals surface area (Å²) in [5.41, 5.74) is 3.26. The van der Waals surface area contributed by atoms with Gasteiger partial charge in [0.2, 0.25) is 5.76 Å². The monoisotopic (exact) mass is 428 g/mol. The lowest BCUT2D eigenvalue weighted by Crippen LogP contribution is -2.51. The third kappa shape index (κ3) is 3.71. The molecule has 0 aliphatic carbocycles. The number of carbonyl (C=O) groups is 2. The summed E-state index contributed by atoms with van der Waals surface area (Å²) in [7, 11) is 0. The molecule has 162 valence electrons. The van der Waals surface area contributed by atoms with E-state index >= 15 is 0 Å². The maximum atomic E-state index is 13.8. The summed E-state index contributed by atoms with van der Waals surface area (Å²) in [6.45, 7) is 4.00. The molecule has 1 aliphatic heterocycles. The zero-order chi connectivity index (χ0) is 22.1. The van der Waals surface area contributed by atoms with Crippen LogP contribution in [0.1, 0.15) is 38.2 Å². The van der Waals surface area contributed by atoms with E-state index in [1.165, 1.54) is 0 Å². The average molecular weight is 428 g/mol. The molecular formula is C25H24N4O3. The Hall–Kier alpha value is -3.71. The van der Waals surface area contributed by atoms with Crippen molar-refractivity contribution in [3.63, 3.8) is 0 Å². The lowest BCUT2D eigenvalue weighted by Gasteiger charge is -2.38. The molecule has 1 fully saturated rings. The van der Waals surface area contributed by atoms with Gasteiger partial charge in [-0.25, -0.2) is 0 Å². The number of piperazine rings is 1. The van der Waals surface area contributed by atoms with Crippen LogP contribution in [0.15, 0.2) is 71.4 Å². The highest BCUT2D eigenvalue weighted by Crippen LogP contribution is 2.30. The molecule has 1 amide bonds. The maximum absolute atomic E-state index is 13.8. The summed E-state index contributed by atoms with van der Waals surface area (Å²) in [5, 5.41) is 4.74. The second kappa shape index (κ2) is 8.43. The maximum Gasteiger partial charge on any atom is 0.292 e. The van der Waals surface area contributed by atoms with Gasteiger partial charge in [-0.3, -0.25) is 14.5 Å². The van der Waals surface area contributed by atoms with Gasteiger partial charge in [-0.1, -0.05) is 53.7 Å². The summed E-state index contributed by atoms with van der Waals surface area (Å²) >= 11 is 0. The third-order valence-corrected chi connectivity index (χ3v) is 6.02. The average Bonchev–Trinajstić information content (AvgIpc) is 3.46. The number of hydrogen-bond acceptors (Lipinski definition) is 5. The number of Topliss-reactive ketones (excluding diaryl/α,β-unsaturated/α-hetero) is 1. The van der Waals surface area contributed by atoms with Crippen molar-refractivity contribution in [3.05, 3.63) is 89.4 Å². The van der Waals surface area contributed by atoms with Crippen molar-refractivity contribution in [1.82, 2.24) is 19.9 Å². The van der Waals surface area contributed by atoms with Crippen molar-refractivity contribution in [3.8, 4) is 0 Å². The number of benzene rings is 2. The fourth-order valence-electron chi connectivity index (χ4n) is 4.39. The number of H-pyrrole nitrogens is 1. The van der Waals surface area contributed by atoms with Gasteiger partial charge < -0.3 is 14.4 Å². The molecule has 1 saturated heterocycles. The van der Waals surface area contributed by atoms with E-state index in [-0.39, 0.29) is 17.5 Å². The molecule has 2 aromatic heterocycles. The lowest BCUT2D eigenvalue weighted by atomic mass is 9.95. The van der Waals surface area contributed by atoms with Crippen LogP contribution in [0.2, 0.25) is 0 Å². The van der Waals surface area contributed by atoms with Crippen LogP contribution in [0.5, 0.6) is 0 Å². The van der Waals surface area contributed by atoms with Crippen molar-refractivity contribution in [2.24, 2.45) is 0 Å². The van der Waals surface area contributed by atoms with E-state index in [1.54, 1.807) is 24.1 Å². The Balaban J connectivity index is 1.40. The van der Waals surface area contributed by atoms with Crippen molar-refractivity contribution < 1.29 is 14.1 Å². The molecule has 2 aromatic carbocycles. The number of nitrogens with zero attached hydrogens (tertiary/aromatic N) is 3. The predicted octanol–water partition coefficient (Wildman–Crippen LogP) is 3.85. The molecular weight excluding hydrogens is 404 g/mol. The molecule has 1 atom stereocenters. The second-order valence-corrected chi connectivity index (χ2v) is 8.09. The Morgan fingerprint density at radius 2 is 1.72 bits per heavy atom. The Morgan fingerprint density at radius 3 is 2.44 bits per heavy atom. The minimum atomic E-state index is -0.416. The van der Waals surface area contributed by atoms with E-state index in [9.17, 15) is 9.59 Å². The first-order chi connectivity index (χ1) is 15.6. The molecule has 0 radical (unpaired) electrons. The quantitative estimate of drug-likeness (QED) is 0.488. The minimum absolute atomic E-state index is 0.0549. The number of nitrogens with one attached hydrogen (secondary N) is 1. The summed E-state index contributed by atoms with van der Waals surface area (Å²) < 4.78 is 5.14. The number of fused-ring (bicyclic) bond motifs is 1.